The summed E-state index contributed by atoms with van der Waals surface area (Å²) in [4.78, 5) is 0. The summed E-state index contributed by atoms with van der Waals surface area (Å²) >= 11 is 3.45. The van der Waals surface area contributed by atoms with Gasteiger partial charge in [-0.05, 0) is 43.4 Å². The SMILES string of the molecule is [CH2]C(CBr)c1cccc(C)c1C. The lowest BCUT2D eigenvalue weighted by Gasteiger charge is -2.12. The smallest absolute Gasteiger partial charge is 0.0100 e. The Kier molecular flexibility index (Phi) is 3.33. The van der Waals surface area contributed by atoms with Crippen LogP contribution in [0.4, 0.5) is 0 Å². The molecule has 0 saturated carbocycles. The summed E-state index contributed by atoms with van der Waals surface area (Å²) in [6, 6.07) is 6.39. The molecule has 0 N–H and O–H groups in total. The van der Waals surface area contributed by atoms with Crippen molar-refractivity contribution in [2.45, 2.75) is 19.8 Å². The predicted octanol–water partition coefficient (Wildman–Crippen LogP) is 3.62. The van der Waals surface area contributed by atoms with Crippen LogP contribution in [0.2, 0.25) is 0 Å². The summed E-state index contributed by atoms with van der Waals surface area (Å²) in [5.74, 6) is 0.366. The number of hydrogen-bond acceptors (Lipinski definition) is 0. The molecule has 0 aliphatic rings. The van der Waals surface area contributed by atoms with Gasteiger partial charge in [-0.15, -0.1) is 0 Å². The van der Waals surface area contributed by atoms with Crippen molar-refractivity contribution in [1.29, 1.82) is 0 Å². The van der Waals surface area contributed by atoms with Crippen molar-refractivity contribution in [2.24, 2.45) is 0 Å². The average Bonchev–Trinajstić information content (AvgIpc) is 2.08. The second-order valence-corrected chi connectivity index (χ2v) is 3.79. The molecule has 1 aromatic rings. The van der Waals surface area contributed by atoms with Gasteiger partial charge < -0.3 is 0 Å². The molecule has 0 aliphatic heterocycles. The van der Waals surface area contributed by atoms with Gasteiger partial charge in [-0.3, -0.25) is 0 Å². The molecule has 0 saturated heterocycles. The highest BCUT2D eigenvalue weighted by molar-refractivity contribution is 9.09. The Morgan fingerprint density at radius 3 is 2.67 bits per heavy atom. The van der Waals surface area contributed by atoms with Crippen LogP contribution < -0.4 is 0 Å². The molecule has 0 nitrogen and oxygen atoms in total. The highest BCUT2D eigenvalue weighted by Crippen LogP contribution is 2.22. The van der Waals surface area contributed by atoms with Gasteiger partial charge in [-0.1, -0.05) is 34.1 Å². The third-order valence-corrected chi connectivity index (χ3v) is 3.05. The van der Waals surface area contributed by atoms with Gasteiger partial charge in [0.15, 0.2) is 0 Å². The third-order valence-electron chi connectivity index (χ3n) is 2.27. The first-order valence-electron chi connectivity index (χ1n) is 4.12. The Bertz CT molecular complexity index is 266. The molecule has 65 valence electrons. The topological polar surface area (TPSA) is 0 Å². The van der Waals surface area contributed by atoms with E-state index < -0.39 is 0 Å². The largest absolute Gasteiger partial charge is 0.0921 e. The van der Waals surface area contributed by atoms with Crippen LogP contribution in [-0.4, -0.2) is 5.33 Å². The van der Waals surface area contributed by atoms with E-state index >= 15 is 0 Å². The molecule has 0 spiro atoms. The van der Waals surface area contributed by atoms with E-state index in [1.54, 1.807) is 0 Å². The number of halogens is 1. The van der Waals surface area contributed by atoms with Crippen LogP contribution in [0.1, 0.15) is 22.6 Å². The Morgan fingerprint density at radius 1 is 1.42 bits per heavy atom. The van der Waals surface area contributed by atoms with Crippen LogP contribution in [-0.2, 0) is 0 Å². The van der Waals surface area contributed by atoms with Crippen LogP contribution in [0.15, 0.2) is 18.2 Å². The fraction of sp³-hybridized carbons (Fsp3) is 0.364. The van der Waals surface area contributed by atoms with E-state index in [1.807, 2.05) is 0 Å². The van der Waals surface area contributed by atoms with E-state index in [-0.39, 0.29) is 0 Å². The number of alkyl halides is 1. The first-order valence-corrected chi connectivity index (χ1v) is 5.24. The summed E-state index contributed by atoms with van der Waals surface area (Å²) < 4.78 is 0. The molecule has 1 rings (SSSR count). The van der Waals surface area contributed by atoms with Crippen LogP contribution in [0.3, 0.4) is 0 Å². The minimum absolute atomic E-state index is 0.366. The molecule has 1 aromatic carbocycles. The second-order valence-electron chi connectivity index (χ2n) is 3.14. The number of rotatable bonds is 2. The minimum Gasteiger partial charge on any atom is -0.0921 e. The van der Waals surface area contributed by atoms with Crippen molar-refractivity contribution in [3.05, 3.63) is 41.8 Å². The normalized spacial score (nSPS) is 13.0. The molecule has 1 heteroatoms. The number of hydrogen-bond donors (Lipinski definition) is 0. The molecule has 0 bridgehead atoms. The Morgan fingerprint density at radius 2 is 2.08 bits per heavy atom. The van der Waals surface area contributed by atoms with Crippen LogP contribution >= 0.6 is 15.9 Å². The molecular formula is C11H14Br. The van der Waals surface area contributed by atoms with E-state index in [9.17, 15) is 0 Å². The van der Waals surface area contributed by atoms with Crippen LogP contribution in [0.25, 0.3) is 0 Å². The standard InChI is InChI=1S/C11H14Br/c1-8-5-4-6-11(10(8)3)9(2)7-12/h4-6,9H,2,7H2,1,3H3. The summed E-state index contributed by atoms with van der Waals surface area (Å²) in [6.45, 7) is 8.38. The van der Waals surface area contributed by atoms with Gasteiger partial charge in [0, 0.05) is 5.33 Å². The van der Waals surface area contributed by atoms with Gasteiger partial charge in [0.05, 0.1) is 0 Å². The monoisotopic (exact) mass is 225 g/mol. The van der Waals surface area contributed by atoms with E-state index in [0.717, 1.165) is 5.33 Å². The Labute approximate surface area is 83.1 Å². The summed E-state index contributed by atoms with van der Waals surface area (Å²) in [7, 11) is 0. The maximum atomic E-state index is 4.08. The molecule has 0 aromatic heterocycles. The maximum Gasteiger partial charge on any atom is 0.0100 e. The van der Waals surface area contributed by atoms with E-state index in [1.165, 1.54) is 16.7 Å². The Balaban J connectivity index is 3.07. The first-order chi connectivity index (χ1) is 5.66. The second kappa shape index (κ2) is 4.08. The van der Waals surface area contributed by atoms with Gasteiger partial charge in [0.1, 0.15) is 0 Å². The van der Waals surface area contributed by atoms with Crippen molar-refractivity contribution in [3.63, 3.8) is 0 Å². The van der Waals surface area contributed by atoms with Gasteiger partial charge >= 0.3 is 0 Å². The van der Waals surface area contributed by atoms with Gasteiger partial charge in [-0.2, -0.15) is 0 Å². The van der Waals surface area contributed by atoms with Crippen molar-refractivity contribution in [1.82, 2.24) is 0 Å². The van der Waals surface area contributed by atoms with E-state index in [0.29, 0.717) is 5.92 Å². The van der Waals surface area contributed by atoms with Crippen molar-refractivity contribution < 1.29 is 0 Å². The molecule has 0 fully saturated rings. The van der Waals surface area contributed by atoms with Gasteiger partial charge in [-0.25, -0.2) is 0 Å². The lowest BCUT2D eigenvalue weighted by Crippen LogP contribution is -1.99. The zero-order valence-corrected chi connectivity index (χ0v) is 9.19. The van der Waals surface area contributed by atoms with E-state index in [4.69, 9.17) is 0 Å². The molecule has 12 heavy (non-hydrogen) atoms. The molecular weight excluding hydrogens is 212 g/mol. The number of benzene rings is 1. The summed E-state index contributed by atoms with van der Waals surface area (Å²) in [5.41, 5.74) is 4.07. The van der Waals surface area contributed by atoms with Crippen molar-refractivity contribution >= 4 is 15.9 Å². The quantitative estimate of drug-likeness (QED) is 0.675. The molecule has 0 heterocycles. The summed E-state index contributed by atoms with van der Waals surface area (Å²) in [6.07, 6.45) is 0. The molecule has 1 unspecified atom stereocenters. The maximum absolute atomic E-state index is 4.08. The Hall–Kier alpha value is -0.300. The molecule has 0 amide bonds. The predicted molar refractivity (Wildman–Crippen MR) is 57.8 cm³/mol. The fourth-order valence-corrected chi connectivity index (χ4v) is 1.65. The van der Waals surface area contributed by atoms with Gasteiger partial charge in [0.25, 0.3) is 0 Å². The fourth-order valence-electron chi connectivity index (χ4n) is 1.30. The average molecular weight is 226 g/mol. The van der Waals surface area contributed by atoms with E-state index in [2.05, 4.69) is 54.9 Å². The minimum atomic E-state index is 0.366. The molecule has 1 radical (unpaired) electrons. The highest BCUT2D eigenvalue weighted by atomic mass is 79.9. The lowest BCUT2D eigenvalue weighted by atomic mass is 9.95. The molecule has 1 atom stereocenters. The number of aryl methyl sites for hydroxylation is 1. The highest BCUT2D eigenvalue weighted by Gasteiger charge is 2.07. The summed E-state index contributed by atoms with van der Waals surface area (Å²) in [5, 5.41) is 0.928. The van der Waals surface area contributed by atoms with Crippen molar-refractivity contribution in [2.75, 3.05) is 5.33 Å². The van der Waals surface area contributed by atoms with Crippen LogP contribution in [0.5, 0.6) is 0 Å². The third kappa shape index (κ3) is 1.89. The van der Waals surface area contributed by atoms with Crippen LogP contribution in [0, 0.1) is 20.8 Å². The lowest BCUT2D eigenvalue weighted by molar-refractivity contribution is 0.966. The van der Waals surface area contributed by atoms with Crippen molar-refractivity contribution in [3.8, 4) is 0 Å². The molecule has 0 aliphatic carbocycles. The zero-order valence-electron chi connectivity index (χ0n) is 7.60. The first kappa shape index (κ1) is 9.79. The zero-order chi connectivity index (χ0) is 9.14. The van der Waals surface area contributed by atoms with Gasteiger partial charge in [0.2, 0.25) is 0 Å².